The summed E-state index contributed by atoms with van der Waals surface area (Å²) < 4.78 is 1.05. The Morgan fingerprint density at radius 1 is 1.35 bits per heavy atom. The number of thiophene rings is 1. The van der Waals surface area contributed by atoms with Gasteiger partial charge in [-0.1, -0.05) is 0 Å². The topological polar surface area (TPSA) is 49.3 Å². The number of thioether (sulfide) groups is 1. The van der Waals surface area contributed by atoms with Crippen molar-refractivity contribution in [2.75, 3.05) is 12.3 Å². The van der Waals surface area contributed by atoms with Gasteiger partial charge >= 0.3 is 0 Å². The first-order valence-corrected chi connectivity index (χ1v) is 7.22. The van der Waals surface area contributed by atoms with Gasteiger partial charge in [0.25, 0.3) is 5.91 Å². The highest BCUT2D eigenvalue weighted by atomic mass is 32.2. The summed E-state index contributed by atoms with van der Waals surface area (Å²) in [6, 6.07) is 5.27. The van der Waals surface area contributed by atoms with Crippen LogP contribution in [0.1, 0.15) is 16.1 Å². The predicted octanol–water partition coefficient (Wildman–Crippen LogP) is 2.83. The summed E-state index contributed by atoms with van der Waals surface area (Å²) >= 11 is 3.21. The first kappa shape index (κ1) is 10.9. The fourth-order valence-corrected chi connectivity index (χ4v) is 4.29. The SMILES string of the molecule is O=C1NCCCSc2c1sc1ccc(O)cc21. The molecule has 17 heavy (non-hydrogen) atoms. The summed E-state index contributed by atoms with van der Waals surface area (Å²) in [5.74, 6) is 1.25. The van der Waals surface area contributed by atoms with Crippen molar-refractivity contribution in [3.05, 3.63) is 23.1 Å². The van der Waals surface area contributed by atoms with Gasteiger partial charge in [-0.15, -0.1) is 23.1 Å². The Kier molecular flexibility index (Phi) is 2.72. The largest absolute Gasteiger partial charge is 0.508 e. The van der Waals surface area contributed by atoms with Crippen LogP contribution in [-0.4, -0.2) is 23.3 Å². The lowest BCUT2D eigenvalue weighted by atomic mass is 10.2. The molecule has 2 aromatic rings. The zero-order valence-electron chi connectivity index (χ0n) is 9.03. The number of phenols is 1. The molecule has 2 N–H and O–H groups in total. The molecule has 1 aromatic carbocycles. The Morgan fingerprint density at radius 3 is 3.12 bits per heavy atom. The van der Waals surface area contributed by atoms with Crippen molar-refractivity contribution in [1.82, 2.24) is 5.32 Å². The van der Waals surface area contributed by atoms with E-state index in [4.69, 9.17) is 0 Å². The van der Waals surface area contributed by atoms with Gasteiger partial charge < -0.3 is 10.4 Å². The van der Waals surface area contributed by atoms with E-state index < -0.39 is 0 Å². The standard InChI is InChI=1S/C12H11NO2S2/c14-7-2-3-9-8(6-7)10-11(17-9)12(15)13-4-1-5-16-10/h2-3,6,14H,1,4-5H2,(H,13,15). The highest BCUT2D eigenvalue weighted by Crippen LogP contribution is 2.40. The molecule has 0 saturated heterocycles. The third-order valence-electron chi connectivity index (χ3n) is 2.69. The maximum absolute atomic E-state index is 11.9. The molecule has 1 aliphatic rings. The second-order valence-electron chi connectivity index (χ2n) is 3.90. The summed E-state index contributed by atoms with van der Waals surface area (Å²) in [5.41, 5.74) is 0. The van der Waals surface area contributed by atoms with Crippen LogP contribution in [0.15, 0.2) is 23.1 Å². The molecule has 0 spiro atoms. The number of nitrogens with one attached hydrogen (secondary N) is 1. The quantitative estimate of drug-likeness (QED) is 0.770. The summed E-state index contributed by atoms with van der Waals surface area (Å²) in [5, 5.41) is 13.4. The third kappa shape index (κ3) is 1.89. The maximum atomic E-state index is 11.9. The van der Waals surface area contributed by atoms with Crippen molar-refractivity contribution in [3.8, 4) is 5.75 Å². The molecular weight excluding hydrogens is 254 g/mol. The van der Waals surface area contributed by atoms with E-state index in [-0.39, 0.29) is 11.7 Å². The number of aromatic hydroxyl groups is 1. The van der Waals surface area contributed by atoms with Crippen molar-refractivity contribution in [2.24, 2.45) is 0 Å². The van der Waals surface area contributed by atoms with E-state index >= 15 is 0 Å². The summed E-state index contributed by atoms with van der Waals surface area (Å²) in [7, 11) is 0. The average Bonchev–Trinajstić information content (AvgIpc) is 2.64. The zero-order chi connectivity index (χ0) is 11.8. The second kappa shape index (κ2) is 4.23. The third-order valence-corrected chi connectivity index (χ3v) is 5.19. The first-order valence-electron chi connectivity index (χ1n) is 5.42. The molecule has 1 aromatic heterocycles. The molecule has 88 valence electrons. The summed E-state index contributed by atoms with van der Waals surface area (Å²) in [4.78, 5) is 13.7. The van der Waals surface area contributed by atoms with Crippen LogP contribution in [0.2, 0.25) is 0 Å². The maximum Gasteiger partial charge on any atom is 0.262 e. The predicted molar refractivity (Wildman–Crippen MR) is 71.2 cm³/mol. The molecule has 0 atom stereocenters. The van der Waals surface area contributed by atoms with Gasteiger partial charge in [0.1, 0.15) is 10.6 Å². The van der Waals surface area contributed by atoms with Gasteiger partial charge in [-0.2, -0.15) is 0 Å². The molecule has 0 radical (unpaired) electrons. The second-order valence-corrected chi connectivity index (χ2v) is 6.06. The highest BCUT2D eigenvalue weighted by Gasteiger charge is 2.20. The van der Waals surface area contributed by atoms with Gasteiger partial charge in [0.05, 0.1) is 0 Å². The van der Waals surface area contributed by atoms with Crippen molar-refractivity contribution >= 4 is 39.1 Å². The number of rotatable bonds is 0. The molecular formula is C12H11NO2S2. The molecule has 0 unspecified atom stereocenters. The van der Waals surface area contributed by atoms with Crippen LogP contribution in [0.25, 0.3) is 10.1 Å². The van der Waals surface area contributed by atoms with Crippen LogP contribution in [0.5, 0.6) is 5.75 Å². The number of hydrogen-bond donors (Lipinski definition) is 2. The Morgan fingerprint density at radius 2 is 2.24 bits per heavy atom. The Balaban J connectivity index is 2.24. The Bertz CT molecular complexity index is 591. The number of phenolic OH excluding ortho intramolecular Hbond substituents is 1. The van der Waals surface area contributed by atoms with Gasteiger partial charge in [-0.25, -0.2) is 0 Å². The van der Waals surface area contributed by atoms with Crippen LogP contribution in [-0.2, 0) is 0 Å². The van der Waals surface area contributed by atoms with Gasteiger partial charge in [0, 0.05) is 21.5 Å². The molecule has 5 heteroatoms. The minimum Gasteiger partial charge on any atom is -0.508 e. The number of benzene rings is 1. The molecule has 2 heterocycles. The number of carbonyl (C=O) groups is 1. The van der Waals surface area contributed by atoms with E-state index in [0.717, 1.165) is 38.6 Å². The van der Waals surface area contributed by atoms with E-state index in [0.29, 0.717) is 0 Å². The van der Waals surface area contributed by atoms with E-state index in [1.54, 1.807) is 23.9 Å². The lowest BCUT2D eigenvalue weighted by Crippen LogP contribution is -2.25. The van der Waals surface area contributed by atoms with E-state index in [1.807, 2.05) is 6.07 Å². The van der Waals surface area contributed by atoms with Crippen molar-refractivity contribution in [3.63, 3.8) is 0 Å². The smallest absolute Gasteiger partial charge is 0.262 e. The average molecular weight is 265 g/mol. The van der Waals surface area contributed by atoms with E-state index in [2.05, 4.69) is 5.32 Å². The van der Waals surface area contributed by atoms with Gasteiger partial charge in [0.15, 0.2) is 0 Å². The Labute approximate surface area is 107 Å². The van der Waals surface area contributed by atoms with E-state index in [1.165, 1.54) is 11.3 Å². The molecule has 0 aliphatic carbocycles. The van der Waals surface area contributed by atoms with Crippen molar-refractivity contribution in [2.45, 2.75) is 11.3 Å². The molecule has 0 fully saturated rings. The van der Waals surface area contributed by atoms with Crippen LogP contribution in [0.4, 0.5) is 0 Å². The lowest BCUT2D eigenvalue weighted by Gasteiger charge is -2.10. The van der Waals surface area contributed by atoms with Gasteiger partial charge in [0.2, 0.25) is 0 Å². The molecule has 0 saturated carbocycles. The number of amides is 1. The lowest BCUT2D eigenvalue weighted by molar-refractivity contribution is 0.0955. The summed E-state index contributed by atoms with van der Waals surface area (Å²) in [6.07, 6.45) is 0.978. The van der Waals surface area contributed by atoms with Gasteiger partial charge in [-0.05, 0) is 30.4 Å². The van der Waals surface area contributed by atoms with Crippen molar-refractivity contribution < 1.29 is 9.90 Å². The summed E-state index contributed by atoms with van der Waals surface area (Å²) in [6.45, 7) is 0.741. The van der Waals surface area contributed by atoms with Crippen molar-refractivity contribution in [1.29, 1.82) is 0 Å². The molecule has 0 bridgehead atoms. The highest BCUT2D eigenvalue weighted by molar-refractivity contribution is 7.99. The molecule has 3 nitrogen and oxygen atoms in total. The van der Waals surface area contributed by atoms with Gasteiger partial charge in [-0.3, -0.25) is 4.79 Å². The van der Waals surface area contributed by atoms with Crippen LogP contribution < -0.4 is 5.32 Å². The fourth-order valence-electron chi connectivity index (χ4n) is 1.88. The van der Waals surface area contributed by atoms with Crippen LogP contribution >= 0.6 is 23.1 Å². The van der Waals surface area contributed by atoms with Crippen LogP contribution in [0, 0.1) is 0 Å². The number of carbonyl (C=O) groups excluding carboxylic acids is 1. The number of hydrogen-bond acceptors (Lipinski definition) is 4. The number of fused-ring (bicyclic) bond motifs is 3. The fraction of sp³-hybridized carbons (Fsp3) is 0.250. The van der Waals surface area contributed by atoms with E-state index in [9.17, 15) is 9.90 Å². The molecule has 3 rings (SSSR count). The molecule has 1 amide bonds. The van der Waals surface area contributed by atoms with Crippen LogP contribution in [0.3, 0.4) is 0 Å². The minimum absolute atomic E-state index is 0.00731. The minimum atomic E-state index is 0.00731. The monoisotopic (exact) mass is 265 g/mol. The normalized spacial score (nSPS) is 16.1. The molecule has 1 aliphatic heterocycles. The Hall–Kier alpha value is -1.20. The first-order chi connectivity index (χ1) is 8.25. The zero-order valence-corrected chi connectivity index (χ0v) is 10.7.